The Balaban J connectivity index is 1.63. The van der Waals surface area contributed by atoms with Gasteiger partial charge in [0.15, 0.2) is 14.9 Å². The summed E-state index contributed by atoms with van der Waals surface area (Å²) in [4.78, 5) is 11.4. The SMILES string of the molecule is CC[C@H]1CC=C(c2ccc(-c3cc(Oc4cnc(S(C)(=O)=O)cn4)cc(O[C@@H](C)CO)c3)[nH]2)N1. The van der Waals surface area contributed by atoms with E-state index in [1.54, 1.807) is 13.0 Å². The van der Waals surface area contributed by atoms with E-state index in [1.807, 2.05) is 24.3 Å². The highest BCUT2D eigenvalue weighted by Crippen LogP contribution is 2.33. The number of hydrogen-bond acceptors (Lipinski definition) is 8. The third kappa shape index (κ3) is 5.57. The highest BCUT2D eigenvalue weighted by Gasteiger charge is 2.17. The van der Waals surface area contributed by atoms with Gasteiger partial charge in [-0.3, -0.25) is 0 Å². The molecule has 34 heavy (non-hydrogen) atoms. The molecular weight excluding hydrogens is 456 g/mol. The quantitative estimate of drug-likeness (QED) is 0.421. The fraction of sp³-hybridized carbons (Fsp3) is 0.333. The van der Waals surface area contributed by atoms with Crippen LogP contribution in [0.4, 0.5) is 0 Å². The number of aromatic nitrogens is 3. The molecule has 3 heterocycles. The van der Waals surface area contributed by atoms with Gasteiger partial charge in [-0.15, -0.1) is 0 Å². The molecule has 0 bridgehead atoms. The fourth-order valence-electron chi connectivity index (χ4n) is 3.57. The minimum absolute atomic E-state index is 0.131. The Kier molecular flexibility index (Phi) is 6.90. The summed E-state index contributed by atoms with van der Waals surface area (Å²) in [5.74, 6) is 1.08. The minimum Gasteiger partial charge on any atom is -0.488 e. The van der Waals surface area contributed by atoms with Crippen molar-refractivity contribution in [2.45, 2.75) is 43.9 Å². The molecule has 1 aromatic carbocycles. The molecule has 2 atom stereocenters. The molecule has 1 aliphatic rings. The summed E-state index contributed by atoms with van der Waals surface area (Å²) in [6.45, 7) is 3.79. The molecule has 9 nitrogen and oxygen atoms in total. The molecule has 10 heteroatoms. The number of nitrogens with zero attached hydrogens (tertiary/aromatic N) is 2. The van der Waals surface area contributed by atoms with Gasteiger partial charge in [0, 0.05) is 29.6 Å². The van der Waals surface area contributed by atoms with Gasteiger partial charge in [0.05, 0.1) is 30.4 Å². The number of hydrogen-bond donors (Lipinski definition) is 3. The summed E-state index contributed by atoms with van der Waals surface area (Å²) in [5.41, 5.74) is 3.75. The number of aromatic amines is 1. The average molecular weight is 485 g/mol. The molecule has 0 amide bonds. The normalized spacial score (nSPS) is 16.6. The van der Waals surface area contributed by atoms with Gasteiger partial charge >= 0.3 is 0 Å². The summed E-state index contributed by atoms with van der Waals surface area (Å²) in [6.07, 6.45) is 7.33. The van der Waals surface area contributed by atoms with Crippen molar-refractivity contribution < 1.29 is 23.0 Å². The van der Waals surface area contributed by atoms with Gasteiger partial charge in [-0.05, 0) is 44.0 Å². The molecule has 0 radical (unpaired) electrons. The van der Waals surface area contributed by atoms with E-state index in [4.69, 9.17) is 9.47 Å². The van der Waals surface area contributed by atoms with Crippen molar-refractivity contribution in [3.63, 3.8) is 0 Å². The third-order valence-electron chi connectivity index (χ3n) is 5.43. The van der Waals surface area contributed by atoms with Crippen molar-refractivity contribution in [3.05, 3.63) is 54.5 Å². The summed E-state index contributed by atoms with van der Waals surface area (Å²) >= 11 is 0. The lowest BCUT2D eigenvalue weighted by atomic mass is 10.1. The van der Waals surface area contributed by atoms with E-state index >= 15 is 0 Å². The number of aliphatic hydroxyl groups is 1. The van der Waals surface area contributed by atoms with Crippen molar-refractivity contribution in [1.82, 2.24) is 20.3 Å². The van der Waals surface area contributed by atoms with Crippen LogP contribution >= 0.6 is 0 Å². The minimum atomic E-state index is -3.46. The zero-order valence-electron chi connectivity index (χ0n) is 19.3. The standard InChI is InChI=1S/C24H28N4O5S/c1-4-17-5-6-21(27-17)22-8-7-20(28-22)16-9-18(32-15(2)14-29)11-19(10-16)33-23-12-26-24(13-25-23)34(3,30)31/h6-13,15,17,27-29H,4-5,14H2,1-3H3/t15-,17-/m0/s1. The molecule has 0 saturated heterocycles. The van der Waals surface area contributed by atoms with E-state index in [-0.39, 0.29) is 17.5 Å². The number of benzene rings is 1. The van der Waals surface area contributed by atoms with Gasteiger partial charge in [-0.1, -0.05) is 13.0 Å². The molecule has 0 aliphatic carbocycles. The second kappa shape index (κ2) is 9.86. The Morgan fingerprint density at radius 3 is 2.56 bits per heavy atom. The van der Waals surface area contributed by atoms with Crippen LogP contribution in [0.15, 0.2) is 53.8 Å². The maximum atomic E-state index is 11.6. The number of aliphatic hydroxyl groups excluding tert-OH is 1. The first-order valence-electron chi connectivity index (χ1n) is 11.0. The van der Waals surface area contributed by atoms with Crippen LogP contribution in [-0.2, 0) is 9.84 Å². The van der Waals surface area contributed by atoms with Crippen molar-refractivity contribution in [2.75, 3.05) is 12.9 Å². The van der Waals surface area contributed by atoms with E-state index in [0.29, 0.717) is 17.5 Å². The maximum absolute atomic E-state index is 11.6. The smallest absolute Gasteiger partial charge is 0.237 e. The number of H-pyrrole nitrogens is 1. The van der Waals surface area contributed by atoms with Gasteiger partial charge in [-0.25, -0.2) is 18.4 Å². The van der Waals surface area contributed by atoms with E-state index in [2.05, 4.69) is 33.3 Å². The lowest BCUT2D eigenvalue weighted by Crippen LogP contribution is -2.20. The second-order valence-electron chi connectivity index (χ2n) is 8.26. The molecule has 3 N–H and O–H groups in total. The number of sulfone groups is 1. The van der Waals surface area contributed by atoms with Crippen molar-refractivity contribution >= 4 is 15.5 Å². The predicted molar refractivity (Wildman–Crippen MR) is 128 cm³/mol. The van der Waals surface area contributed by atoms with Crippen molar-refractivity contribution in [2.24, 2.45) is 0 Å². The van der Waals surface area contributed by atoms with Gasteiger partial charge in [-0.2, -0.15) is 0 Å². The lowest BCUT2D eigenvalue weighted by Gasteiger charge is -2.15. The first-order chi connectivity index (χ1) is 16.2. The monoisotopic (exact) mass is 484 g/mol. The molecule has 0 fully saturated rings. The summed E-state index contributed by atoms with van der Waals surface area (Å²) in [6, 6.07) is 9.82. The Labute approximate surface area is 198 Å². The molecule has 4 rings (SSSR count). The number of rotatable bonds is 9. The van der Waals surface area contributed by atoms with Crippen LogP contribution in [0.2, 0.25) is 0 Å². The summed E-state index contributed by atoms with van der Waals surface area (Å²) in [7, 11) is -3.46. The number of ether oxygens (including phenoxy) is 2. The van der Waals surface area contributed by atoms with E-state index in [1.165, 1.54) is 6.20 Å². The Bertz CT molecular complexity index is 1280. The van der Waals surface area contributed by atoms with Crippen molar-refractivity contribution in [3.8, 4) is 28.6 Å². The fourth-order valence-corrected chi connectivity index (χ4v) is 4.06. The van der Waals surface area contributed by atoms with E-state index in [0.717, 1.165) is 47.9 Å². The zero-order chi connectivity index (χ0) is 24.3. The van der Waals surface area contributed by atoms with Gasteiger partial charge in [0.2, 0.25) is 5.88 Å². The topological polar surface area (TPSA) is 126 Å². The molecule has 0 saturated carbocycles. The van der Waals surface area contributed by atoms with Crippen molar-refractivity contribution in [1.29, 1.82) is 0 Å². The first-order valence-corrected chi connectivity index (χ1v) is 12.9. The van der Waals surface area contributed by atoms with Gasteiger partial charge in [0.25, 0.3) is 0 Å². The lowest BCUT2D eigenvalue weighted by molar-refractivity contribution is 0.129. The van der Waals surface area contributed by atoms with E-state index in [9.17, 15) is 13.5 Å². The molecule has 0 unspecified atom stereocenters. The zero-order valence-corrected chi connectivity index (χ0v) is 20.1. The van der Waals surface area contributed by atoms with Gasteiger partial charge < -0.3 is 24.9 Å². The van der Waals surface area contributed by atoms with E-state index < -0.39 is 15.9 Å². The van der Waals surface area contributed by atoms with Crippen LogP contribution in [0, 0.1) is 0 Å². The molecule has 1 aliphatic heterocycles. The third-order valence-corrected chi connectivity index (χ3v) is 6.40. The maximum Gasteiger partial charge on any atom is 0.237 e. The summed E-state index contributed by atoms with van der Waals surface area (Å²) < 4.78 is 34.9. The molecule has 2 aromatic heterocycles. The molecule has 180 valence electrons. The highest BCUT2D eigenvalue weighted by atomic mass is 32.2. The van der Waals surface area contributed by atoms with Crippen LogP contribution in [0.1, 0.15) is 32.4 Å². The van der Waals surface area contributed by atoms with Crippen LogP contribution in [0.3, 0.4) is 0 Å². The molecule has 3 aromatic rings. The predicted octanol–water partition coefficient (Wildman–Crippen LogP) is 3.54. The average Bonchev–Trinajstić information content (AvgIpc) is 3.48. The Morgan fingerprint density at radius 1 is 1.15 bits per heavy atom. The number of nitrogens with one attached hydrogen (secondary N) is 2. The summed E-state index contributed by atoms with van der Waals surface area (Å²) in [5, 5.41) is 12.8. The molecular formula is C24H28N4O5S. The largest absolute Gasteiger partial charge is 0.488 e. The highest BCUT2D eigenvalue weighted by molar-refractivity contribution is 7.90. The molecule has 0 spiro atoms. The van der Waals surface area contributed by atoms with Crippen LogP contribution in [0.5, 0.6) is 17.4 Å². The first kappa shape index (κ1) is 23.8. The second-order valence-corrected chi connectivity index (χ2v) is 10.2. The van der Waals surface area contributed by atoms with Crippen LogP contribution < -0.4 is 14.8 Å². The van der Waals surface area contributed by atoms with Crippen LogP contribution in [-0.4, -0.2) is 53.5 Å². The Hall–Kier alpha value is -3.37. The van der Waals surface area contributed by atoms with Gasteiger partial charge in [0.1, 0.15) is 17.6 Å². The van der Waals surface area contributed by atoms with Crippen LogP contribution in [0.25, 0.3) is 17.0 Å². The Morgan fingerprint density at radius 2 is 1.91 bits per heavy atom.